The Balaban J connectivity index is 2.31. The number of hydrogen-bond acceptors (Lipinski definition) is 4. The molecule has 0 fully saturated rings. The molecule has 20 heavy (non-hydrogen) atoms. The van der Waals surface area contributed by atoms with Crippen LogP contribution in [0.5, 0.6) is 0 Å². The Bertz CT molecular complexity index is 693. The van der Waals surface area contributed by atoms with Crippen molar-refractivity contribution in [1.29, 1.82) is 0 Å². The number of carboxylic acids is 1. The zero-order chi connectivity index (χ0) is 14.7. The first kappa shape index (κ1) is 13.9. The molecule has 0 aliphatic carbocycles. The highest BCUT2D eigenvalue weighted by Gasteiger charge is 2.20. The van der Waals surface area contributed by atoms with E-state index in [4.69, 9.17) is 16.7 Å². The minimum absolute atomic E-state index is 0.0147. The molecule has 2 rings (SSSR count). The predicted molar refractivity (Wildman–Crippen MR) is 68.4 cm³/mol. The second-order valence-corrected chi connectivity index (χ2v) is 4.04. The van der Waals surface area contributed by atoms with E-state index in [1.54, 1.807) is 0 Å². The fraction of sp³-hybridized carbons (Fsp3) is 0. The van der Waals surface area contributed by atoms with Crippen LogP contribution in [0.4, 0.5) is 10.1 Å². The first-order valence-corrected chi connectivity index (χ1v) is 5.67. The first-order valence-electron chi connectivity index (χ1n) is 5.29. The number of carbonyl (C=O) groups is 2. The van der Waals surface area contributed by atoms with Crippen molar-refractivity contribution in [3.8, 4) is 0 Å². The SMILES string of the molecule is O=C(O)c1nccnc1C(=O)Nc1ccc(F)cc1Cl. The number of amides is 1. The van der Waals surface area contributed by atoms with Gasteiger partial charge in [0.15, 0.2) is 11.4 Å². The quantitative estimate of drug-likeness (QED) is 0.906. The van der Waals surface area contributed by atoms with Crippen molar-refractivity contribution < 1.29 is 19.1 Å². The number of nitrogens with zero attached hydrogens (tertiary/aromatic N) is 2. The number of anilines is 1. The summed E-state index contributed by atoms with van der Waals surface area (Å²) in [5, 5.41) is 11.2. The summed E-state index contributed by atoms with van der Waals surface area (Å²) in [6.07, 6.45) is 2.35. The third-order valence-corrected chi connectivity index (χ3v) is 2.61. The average molecular weight is 296 g/mol. The molecular formula is C12H7ClFN3O3. The summed E-state index contributed by atoms with van der Waals surface area (Å²) in [6, 6.07) is 3.38. The first-order chi connectivity index (χ1) is 9.49. The standard InChI is InChI=1S/C12H7ClFN3O3/c13-7-5-6(14)1-2-8(7)17-11(18)9-10(12(19)20)16-4-3-15-9/h1-5H,(H,17,18)(H,19,20). The van der Waals surface area contributed by atoms with Gasteiger partial charge in [-0.3, -0.25) is 4.79 Å². The van der Waals surface area contributed by atoms with Crippen molar-refractivity contribution in [2.24, 2.45) is 0 Å². The lowest BCUT2D eigenvalue weighted by molar-refractivity contribution is 0.0685. The summed E-state index contributed by atoms with van der Waals surface area (Å²) < 4.78 is 12.9. The number of carboxylic acid groups (broad SMARTS) is 1. The number of rotatable bonds is 3. The highest BCUT2D eigenvalue weighted by molar-refractivity contribution is 6.34. The van der Waals surface area contributed by atoms with Gasteiger partial charge in [0.2, 0.25) is 0 Å². The van der Waals surface area contributed by atoms with E-state index in [0.717, 1.165) is 18.3 Å². The smallest absolute Gasteiger partial charge is 0.356 e. The molecule has 1 heterocycles. The number of benzene rings is 1. The van der Waals surface area contributed by atoms with Gasteiger partial charge in [0.25, 0.3) is 5.91 Å². The summed E-state index contributed by atoms with van der Waals surface area (Å²) >= 11 is 5.76. The molecule has 1 amide bonds. The van der Waals surface area contributed by atoms with Crippen LogP contribution in [-0.2, 0) is 0 Å². The Labute approximate surface area is 117 Å². The van der Waals surface area contributed by atoms with E-state index >= 15 is 0 Å². The predicted octanol–water partition coefficient (Wildman–Crippen LogP) is 2.22. The number of halogens is 2. The molecular weight excluding hydrogens is 289 g/mol. The van der Waals surface area contributed by atoms with Gasteiger partial charge in [0.1, 0.15) is 5.82 Å². The molecule has 102 valence electrons. The summed E-state index contributed by atoms with van der Waals surface area (Å²) in [7, 11) is 0. The van der Waals surface area contributed by atoms with E-state index in [0.29, 0.717) is 0 Å². The molecule has 0 saturated carbocycles. The van der Waals surface area contributed by atoms with Gasteiger partial charge in [-0.1, -0.05) is 11.6 Å². The summed E-state index contributed by atoms with van der Waals surface area (Å²) in [6.45, 7) is 0. The third kappa shape index (κ3) is 2.89. The zero-order valence-corrected chi connectivity index (χ0v) is 10.6. The van der Waals surface area contributed by atoms with Crippen LogP contribution in [0.25, 0.3) is 0 Å². The number of carbonyl (C=O) groups excluding carboxylic acids is 1. The number of aromatic carboxylic acids is 1. The monoisotopic (exact) mass is 295 g/mol. The molecule has 6 nitrogen and oxygen atoms in total. The van der Waals surface area contributed by atoms with Crippen LogP contribution in [0.3, 0.4) is 0 Å². The van der Waals surface area contributed by atoms with Crippen molar-refractivity contribution in [2.75, 3.05) is 5.32 Å². The van der Waals surface area contributed by atoms with Crippen LogP contribution in [-0.4, -0.2) is 27.0 Å². The minimum Gasteiger partial charge on any atom is -0.476 e. The van der Waals surface area contributed by atoms with Gasteiger partial charge in [0, 0.05) is 12.4 Å². The molecule has 0 bridgehead atoms. The maximum atomic E-state index is 12.9. The fourth-order valence-electron chi connectivity index (χ4n) is 1.43. The van der Waals surface area contributed by atoms with Crippen molar-refractivity contribution in [3.05, 3.63) is 52.8 Å². The maximum Gasteiger partial charge on any atom is 0.356 e. The topological polar surface area (TPSA) is 92.2 Å². The van der Waals surface area contributed by atoms with Gasteiger partial charge in [-0.25, -0.2) is 19.2 Å². The Kier molecular flexibility index (Phi) is 3.90. The molecule has 0 atom stereocenters. The number of aromatic nitrogens is 2. The molecule has 1 aromatic heterocycles. The molecule has 2 N–H and O–H groups in total. The Morgan fingerprint density at radius 3 is 2.45 bits per heavy atom. The van der Waals surface area contributed by atoms with Crippen LogP contribution in [0, 0.1) is 5.82 Å². The van der Waals surface area contributed by atoms with Gasteiger partial charge < -0.3 is 10.4 Å². The second-order valence-electron chi connectivity index (χ2n) is 3.64. The van der Waals surface area contributed by atoms with Crippen molar-refractivity contribution >= 4 is 29.2 Å². The van der Waals surface area contributed by atoms with E-state index in [1.807, 2.05) is 0 Å². The summed E-state index contributed by atoms with van der Waals surface area (Å²) in [5.74, 6) is -2.74. The van der Waals surface area contributed by atoms with Crippen molar-refractivity contribution in [3.63, 3.8) is 0 Å². The molecule has 0 aliphatic heterocycles. The maximum absolute atomic E-state index is 12.9. The molecule has 0 saturated heterocycles. The van der Waals surface area contributed by atoms with E-state index in [-0.39, 0.29) is 16.4 Å². The average Bonchev–Trinajstić information content (AvgIpc) is 2.41. The van der Waals surface area contributed by atoms with Crippen LogP contribution < -0.4 is 5.32 Å². The zero-order valence-electron chi connectivity index (χ0n) is 9.80. The molecule has 8 heteroatoms. The molecule has 1 aromatic carbocycles. The van der Waals surface area contributed by atoms with E-state index < -0.39 is 23.4 Å². The van der Waals surface area contributed by atoms with E-state index in [1.165, 1.54) is 12.3 Å². The molecule has 0 spiro atoms. The van der Waals surface area contributed by atoms with Crippen LogP contribution in [0.15, 0.2) is 30.6 Å². The summed E-state index contributed by atoms with van der Waals surface area (Å²) in [5.41, 5.74) is -0.705. The van der Waals surface area contributed by atoms with Crippen LogP contribution >= 0.6 is 11.6 Å². The van der Waals surface area contributed by atoms with E-state index in [2.05, 4.69) is 15.3 Å². The fourth-order valence-corrected chi connectivity index (χ4v) is 1.65. The third-order valence-electron chi connectivity index (χ3n) is 2.30. The Morgan fingerprint density at radius 2 is 1.85 bits per heavy atom. The van der Waals surface area contributed by atoms with Gasteiger partial charge >= 0.3 is 5.97 Å². The normalized spacial score (nSPS) is 10.1. The largest absolute Gasteiger partial charge is 0.476 e. The number of nitrogens with one attached hydrogen (secondary N) is 1. The van der Waals surface area contributed by atoms with Crippen LogP contribution in [0.2, 0.25) is 5.02 Å². The van der Waals surface area contributed by atoms with Gasteiger partial charge in [-0.05, 0) is 18.2 Å². The van der Waals surface area contributed by atoms with Crippen LogP contribution in [0.1, 0.15) is 21.0 Å². The van der Waals surface area contributed by atoms with Crippen molar-refractivity contribution in [1.82, 2.24) is 9.97 Å². The van der Waals surface area contributed by atoms with E-state index in [9.17, 15) is 14.0 Å². The minimum atomic E-state index is -1.38. The lowest BCUT2D eigenvalue weighted by Gasteiger charge is -2.07. The van der Waals surface area contributed by atoms with Crippen molar-refractivity contribution in [2.45, 2.75) is 0 Å². The highest BCUT2D eigenvalue weighted by atomic mass is 35.5. The molecule has 0 unspecified atom stereocenters. The number of hydrogen-bond donors (Lipinski definition) is 2. The second kappa shape index (κ2) is 5.62. The molecule has 2 aromatic rings. The molecule has 0 radical (unpaired) electrons. The summed E-state index contributed by atoms with van der Waals surface area (Å²) in [4.78, 5) is 30.1. The Hall–Kier alpha value is -2.54. The van der Waals surface area contributed by atoms with Gasteiger partial charge in [0.05, 0.1) is 10.7 Å². The Morgan fingerprint density at radius 1 is 1.20 bits per heavy atom. The molecule has 0 aliphatic rings. The van der Waals surface area contributed by atoms with Gasteiger partial charge in [-0.15, -0.1) is 0 Å². The lowest BCUT2D eigenvalue weighted by Crippen LogP contribution is -2.19. The lowest BCUT2D eigenvalue weighted by atomic mass is 10.2. The highest BCUT2D eigenvalue weighted by Crippen LogP contribution is 2.23. The van der Waals surface area contributed by atoms with Gasteiger partial charge in [-0.2, -0.15) is 0 Å².